The molecule has 0 bridgehead atoms. The minimum Gasteiger partial charge on any atom is -0.492 e. The van der Waals surface area contributed by atoms with E-state index in [1.165, 1.54) is 5.56 Å². The van der Waals surface area contributed by atoms with Crippen LogP contribution in [0.2, 0.25) is 0 Å². The number of hydrogen-bond donors (Lipinski definition) is 0. The molecule has 2 rings (SSSR count). The summed E-state index contributed by atoms with van der Waals surface area (Å²) in [6.07, 6.45) is 2.59. The van der Waals surface area contributed by atoms with E-state index >= 15 is 0 Å². The Balaban J connectivity index is 2.21. The number of carbonyl (C=O) groups excluding carboxylic acids is 1. The van der Waals surface area contributed by atoms with Crippen LogP contribution in [-0.4, -0.2) is 12.4 Å². The number of Topliss-reactive ketones (excluding diaryl/α,β-unsaturated/α-hetero) is 1. The molecule has 2 heteroatoms. The Morgan fingerprint density at radius 3 is 3.06 bits per heavy atom. The Morgan fingerprint density at radius 2 is 2.31 bits per heavy atom. The standard InChI is InChI=1S/C14H18O2/c1-3-10(2)9-13(15)12-6-4-5-11-7-8-16-14(11)12/h4-6,10H,3,7-9H2,1-2H3. The Bertz CT molecular complexity index is 396. The summed E-state index contributed by atoms with van der Waals surface area (Å²) in [6.45, 7) is 4.94. The van der Waals surface area contributed by atoms with Crippen molar-refractivity contribution >= 4 is 5.78 Å². The van der Waals surface area contributed by atoms with Crippen molar-refractivity contribution in [2.75, 3.05) is 6.61 Å². The maximum atomic E-state index is 12.1. The van der Waals surface area contributed by atoms with Gasteiger partial charge < -0.3 is 4.74 Å². The number of fused-ring (bicyclic) bond motifs is 1. The Labute approximate surface area is 96.6 Å². The molecular formula is C14H18O2. The fourth-order valence-corrected chi connectivity index (χ4v) is 2.01. The van der Waals surface area contributed by atoms with Crippen LogP contribution in [0.5, 0.6) is 5.75 Å². The van der Waals surface area contributed by atoms with Gasteiger partial charge in [0, 0.05) is 12.8 Å². The summed E-state index contributed by atoms with van der Waals surface area (Å²) in [5.41, 5.74) is 1.95. The molecule has 0 aliphatic carbocycles. The van der Waals surface area contributed by atoms with Gasteiger partial charge in [0.25, 0.3) is 0 Å². The molecule has 1 aromatic rings. The van der Waals surface area contributed by atoms with Gasteiger partial charge in [0.15, 0.2) is 5.78 Å². The highest BCUT2D eigenvalue weighted by molar-refractivity contribution is 5.99. The Kier molecular flexibility index (Phi) is 3.28. The minimum atomic E-state index is 0.216. The van der Waals surface area contributed by atoms with Gasteiger partial charge in [0.2, 0.25) is 0 Å². The van der Waals surface area contributed by atoms with Crippen LogP contribution in [0, 0.1) is 5.92 Å². The van der Waals surface area contributed by atoms with E-state index < -0.39 is 0 Å². The van der Waals surface area contributed by atoms with Crippen LogP contribution in [0.1, 0.15) is 42.6 Å². The quantitative estimate of drug-likeness (QED) is 0.725. The second-order valence-corrected chi connectivity index (χ2v) is 4.53. The summed E-state index contributed by atoms with van der Waals surface area (Å²) >= 11 is 0. The fourth-order valence-electron chi connectivity index (χ4n) is 2.01. The molecular weight excluding hydrogens is 200 g/mol. The lowest BCUT2D eigenvalue weighted by atomic mass is 9.96. The molecule has 0 saturated carbocycles. The number of ether oxygens (including phenoxy) is 1. The molecule has 16 heavy (non-hydrogen) atoms. The van der Waals surface area contributed by atoms with E-state index in [4.69, 9.17) is 4.74 Å². The second-order valence-electron chi connectivity index (χ2n) is 4.53. The second kappa shape index (κ2) is 4.69. The molecule has 0 aromatic heterocycles. The van der Waals surface area contributed by atoms with Gasteiger partial charge in [0.1, 0.15) is 5.75 Å². The number of para-hydroxylation sites is 1. The van der Waals surface area contributed by atoms with Crippen molar-refractivity contribution in [3.05, 3.63) is 29.3 Å². The highest BCUT2D eigenvalue weighted by Crippen LogP contribution is 2.30. The molecule has 1 aromatic carbocycles. The highest BCUT2D eigenvalue weighted by Gasteiger charge is 2.20. The van der Waals surface area contributed by atoms with Crippen molar-refractivity contribution in [2.45, 2.75) is 33.1 Å². The third kappa shape index (κ3) is 2.11. The zero-order chi connectivity index (χ0) is 11.5. The topological polar surface area (TPSA) is 26.3 Å². The van der Waals surface area contributed by atoms with Crippen molar-refractivity contribution in [1.29, 1.82) is 0 Å². The molecule has 1 aliphatic heterocycles. The molecule has 1 aliphatic rings. The van der Waals surface area contributed by atoms with Gasteiger partial charge in [-0.3, -0.25) is 4.79 Å². The van der Waals surface area contributed by atoms with Crippen LogP contribution in [-0.2, 0) is 6.42 Å². The zero-order valence-electron chi connectivity index (χ0n) is 9.95. The number of benzene rings is 1. The molecule has 2 nitrogen and oxygen atoms in total. The summed E-state index contributed by atoms with van der Waals surface area (Å²) in [5, 5.41) is 0. The Morgan fingerprint density at radius 1 is 1.50 bits per heavy atom. The van der Waals surface area contributed by atoms with Crippen molar-refractivity contribution < 1.29 is 9.53 Å². The number of carbonyl (C=O) groups is 1. The molecule has 0 N–H and O–H groups in total. The maximum absolute atomic E-state index is 12.1. The predicted molar refractivity (Wildman–Crippen MR) is 64.0 cm³/mol. The molecule has 0 radical (unpaired) electrons. The monoisotopic (exact) mass is 218 g/mol. The number of ketones is 1. The highest BCUT2D eigenvalue weighted by atomic mass is 16.5. The van der Waals surface area contributed by atoms with E-state index in [0.29, 0.717) is 18.9 Å². The summed E-state index contributed by atoms with van der Waals surface area (Å²) in [6, 6.07) is 5.88. The van der Waals surface area contributed by atoms with E-state index in [2.05, 4.69) is 13.8 Å². The van der Waals surface area contributed by atoms with Gasteiger partial charge in [0.05, 0.1) is 12.2 Å². The van der Waals surface area contributed by atoms with Crippen molar-refractivity contribution in [3.63, 3.8) is 0 Å². The van der Waals surface area contributed by atoms with Gasteiger partial charge >= 0.3 is 0 Å². The molecule has 1 heterocycles. The van der Waals surface area contributed by atoms with Crippen LogP contribution in [0.3, 0.4) is 0 Å². The molecule has 1 unspecified atom stereocenters. The molecule has 0 spiro atoms. The van der Waals surface area contributed by atoms with Gasteiger partial charge in [-0.25, -0.2) is 0 Å². The average molecular weight is 218 g/mol. The number of rotatable bonds is 4. The van der Waals surface area contributed by atoms with Crippen LogP contribution in [0.15, 0.2) is 18.2 Å². The van der Waals surface area contributed by atoms with E-state index in [-0.39, 0.29) is 5.78 Å². The molecule has 0 saturated heterocycles. The van der Waals surface area contributed by atoms with Crippen LogP contribution >= 0.6 is 0 Å². The molecule has 1 atom stereocenters. The average Bonchev–Trinajstić information content (AvgIpc) is 2.76. The normalized spacial score (nSPS) is 15.4. The third-order valence-electron chi connectivity index (χ3n) is 3.25. The summed E-state index contributed by atoms with van der Waals surface area (Å²) in [4.78, 5) is 12.1. The van der Waals surface area contributed by atoms with Gasteiger partial charge in [-0.2, -0.15) is 0 Å². The zero-order valence-corrected chi connectivity index (χ0v) is 9.95. The van der Waals surface area contributed by atoms with Crippen molar-refractivity contribution in [3.8, 4) is 5.75 Å². The number of hydrogen-bond acceptors (Lipinski definition) is 2. The predicted octanol–water partition coefficient (Wildman–Crippen LogP) is 3.24. The minimum absolute atomic E-state index is 0.216. The molecule has 86 valence electrons. The third-order valence-corrected chi connectivity index (χ3v) is 3.25. The first-order valence-corrected chi connectivity index (χ1v) is 6.00. The van der Waals surface area contributed by atoms with E-state index in [0.717, 1.165) is 24.2 Å². The van der Waals surface area contributed by atoms with Crippen LogP contribution in [0.25, 0.3) is 0 Å². The summed E-state index contributed by atoms with van der Waals surface area (Å²) in [7, 11) is 0. The van der Waals surface area contributed by atoms with Crippen LogP contribution < -0.4 is 4.74 Å². The largest absolute Gasteiger partial charge is 0.492 e. The van der Waals surface area contributed by atoms with Gasteiger partial charge in [-0.05, 0) is 17.5 Å². The lowest BCUT2D eigenvalue weighted by Crippen LogP contribution is -2.06. The summed E-state index contributed by atoms with van der Waals surface area (Å²) < 4.78 is 5.55. The lowest BCUT2D eigenvalue weighted by Gasteiger charge is -2.10. The molecule has 0 fully saturated rings. The van der Waals surface area contributed by atoms with E-state index in [9.17, 15) is 4.79 Å². The first-order chi connectivity index (χ1) is 7.72. The van der Waals surface area contributed by atoms with E-state index in [1.807, 2.05) is 18.2 Å². The van der Waals surface area contributed by atoms with Gasteiger partial charge in [-0.1, -0.05) is 32.4 Å². The summed E-state index contributed by atoms with van der Waals surface area (Å²) in [5.74, 6) is 1.49. The SMILES string of the molecule is CCC(C)CC(=O)c1cccc2c1OCC2. The van der Waals surface area contributed by atoms with Crippen LogP contribution in [0.4, 0.5) is 0 Å². The van der Waals surface area contributed by atoms with E-state index in [1.54, 1.807) is 0 Å². The van der Waals surface area contributed by atoms with Crippen molar-refractivity contribution in [2.24, 2.45) is 5.92 Å². The first-order valence-electron chi connectivity index (χ1n) is 6.00. The Hall–Kier alpha value is -1.31. The smallest absolute Gasteiger partial charge is 0.166 e. The maximum Gasteiger partial charge on any atom is 0.166 e. The first kappa shape index (κ1) is 11.2. The van der Waals surface area contributed by atoms with Crippen molar-refractivity contribution in [1.82, 2.24) is 0 Å². The fraction of sp³-hybridized carbons (Fsp3) is 0.500. The molecule has 0 amide bonds. The lowest BCUT2D eigenvalue weighted by molar-refractivity contribution is 0.0960. The van der Waals surface area contributed by atoms with Gasteiger partial charge in [-0.15, -0.1) is 0 Å².